The summed E-state index contributed by atoms with van der Waals surface area (Å²) in [6, 6.07) is -0.0422. The quantitative estimate of drug-likeness (QED) is 0.513. The van der Waals surface area contributed by atoms with Gasteiger partial charge in [0, 0.05) is 12.6 Å². The Hall–Kier alpha value is -0.610. The standard InChI is InChI=1S/C8H16N2O2/c1-5(2)10-8(12)7-3-6(11)4-9-7/h5-7,9,11H,3-4H2,1-2H3,(H,10,12)/t6-,7+/m0/s1. The van der Waals surface area contributed by atoms with Crippen LogP contribution in [0.3, 0.4) is 0 Å². The molecule has 2 atom stereocenters. The molecule has 0 radical (unpaired) electrons. The topological polar surface area (TPSA) is 61.4 Å². The molecule has 1 rings (SSSR count). The predicted molar refractivity (Wildman–Crippen MR) is 45.7 cm³/mol. The van der Waals surface area contributed by atoms with Gasteiger partial charge in [-0.05, 0) is 20.3 Å². The lowest BCUT2D eigenvalue weighted by atomic mass is 10.2. The van der Waals surface area contributed by atoms with E-state index in [9.17, 15) is 4.79 Å². The molecule has 1 heterocycles. The normalized spacial score (nSPS) is 29.3. The number of nitrogens with one attached hydrogen (secondary N) is 2. The van der Waals surface area contributed by atoms with Crippen molar-refractivity contribution in [1.29, 1.82) is 0 Å². The monoisotopic (exact) mass is 172 g/mol. The molecule has 3 N–H and O–H groups in total. The maximum Gasteiger partial charge on any atom is 0.237 e. The molecule has 12 heavy (non-hydrogen) atoms. The fraction of sp³-hybridized carbons (Fsp3) is 0.875. The molecule has 0 saturated carbocycles. The third kappa shape index (κ3) is 2.46. The SMILES string of the molecule is CC(C)NC(=O)[C@H]1C[C@H](O)CN1. The highest BCUT2D eigenvalue weighted by Gasteiger charge is 2.27. The number of aliphatic hydroxyl groups excluding tert-OH is 1. The molecule has 0 aliphatic carbocycles. The maximum absolute atomic E-state index is 11.3. The van der Waals surface area contributed by atoms with E-state index in [2.05, 4.69) is 10.6 Å². The van der Waals surface area contributed by atoms with Crippen molar-refractivity contribution in [3.63, 3.8) is 0 Å². The summed E-state index contributed by atoms with van der Waals surface area (Å²) in [5, 5.41) is 14.9. The molecule has 1 saturated heterocycles. The highest BCUT2D eigenvalue weighted by atomic mass is 16.3. The zero-order valence-corrected chi connectivity index (χ0v) is 7.50. The average molecular weight is 172 g/mol. The highest BCUT2D eigenvalue weighted by Crippen LogP contribution is 2.05. The summed E-state index contributed by atoms with van der Waals surface area (Å²) < 4.78 is 0. The van der Waals surface area contributed by atoms with E-state index >= 15 is 0 Å². The van der Waals surface area contributed by atoms with Crippen LogP contribution in [-0.4, -0.2) is 35.7 Å². The molecule has 4 heteroatoms. The minimum atomic E-state index is -0.368. The summed E-state index contributed by atoms with van der Waals surface area (Å²) in [6.07, 6.45) is 0.159. The van der Waals surface area contributed by atoms with Crippen LogP contribution in [0.15, 0.2) is 0 Å². The van der Waals surface area contributed by atoms with Gasteiger partial charge >= 0.3 is 0 Å². The number of amides is 1. The summed E-state index contributed by atoms with van der Waals surface area (Å²) in [5.74, 6) is -0.0125. The first-order valence-corrected chi connectivity index (χ1v) is 4.31. The minimum absolute atomic E-state index is 0.0125. The fourth-order valence-corrected chi connectivity index (χ4v) is 1.30. The Balaban J connectivity index is 2.33. The van der Waals surface area contributed by atoms with Gasteiger partial charge in [-0.2, -0.15) is 0 Å². The number of β-amino-alcohol motifs (C(OH)–C–C–N with tert-alkyl or cyclic N) is 1. The molecule has 1 amide bonds. The first-order chi connectivity index (χ1) is 5.59. The highest BCUT2D eigenvalue weighted by molar-refractivity contribution is 5.82. The molecule has 0 bridgehead atoms. The Bertz CT molecular complexity index is 170. The van der Waals surface area contributed by atoms with Gasteiger partial charge in [0.05, 0.1) is 12.1 Å². The van der Waals surface area contributed by atoms with Gasteiger partial charge < -0.3 is 15.7 Å². The first-order valence-electron chi connectivity index (χ1n) is 4.31. The van der Waals surface area contributed by atoms with Gasteiger partial charge in [-0.25, -0.2) is 0 Å². The Morgan fingerprint density at radius 1 is 1.67 bits per heavy atom. The van der Waals surface area contributed by atoms with E-state index in [-0.39, 0.29) is 24.1 Å². The molecule has 1 fully saturated rings. The molecule has 70 valence electrons. The molecule has 0 aromatic rings. The molecule has 0 aromatic heterocycles. The second-order valence-corrected chi connectivity index (χ2v) is 3.51. The number of carbonyl (C=O) groups is 1. The van der Waals surface area contributed by atoms with Crippen LogP contribution in [0, 0.1) is 0 Å². The smallest absolute Gasteiger partial charge is 0.237 e. The molecular weight excluding hydrogens is 156 g/mol. The van der Waals surface area contributed by atoms with E-state index < -0.39 is 0 Å². The van der Waals surface area contributed by atoms with E-state index in [0.29, 0.717) is 13.0 Å². The number of aliphatic hydroxyl groups is 1. The Morgan fingerprint density at radius 3 is 2.75 bits per heavy atom. The van der Waals surface area contributed by atoms with Crippen LogP contribution in [0.5, 0.6) is 0 Å². The van der Waals surface area contributed by atoms with Crippen molar-refractivity contribution in [3.05, 3.63) is 0 Å². The van der Waals surface area contributed by atoms with Gasteiger partial charge in [0.2, 0.25) is 5.91 Å². The van der Waals surface area contributed by atoms with Crippen LogP contribution in [0.25, 0.3) is 0 Å². The lowest BCUT2D eigenvalue weighted by Crippen LogP contribution is -2.43. The van der Waals surface area contributed by atoms with Gasteiger partial charge in [-0.3, -0.25) is 4.79 Å². The largest absolute Gasteiger partial charge is 0.392 e. The van der Waals surface area contributed by atoms with Crippen LogP contribution in [0.2, 0.25) is 0 Å². The maximum atomic E-state index is 11.3. The second kappa shape index (κ2) is 3.87. The first kappa shape index (κ1) is 9.48. The third-order valence-electron chi connectivity index (χ3n) is 1.86. The number of carbonyl (C=O) groups excluding carboxylic acids is 1. The zero-order chi connectivity index (χ0) is 9.14. The lowest BCUT2D eigenvalue weighted by molar-refractivity contribution is -0.123. The van der Waals surface area contributed by atoms with E-state index in [0.717, 1.165) is 0 Å². The summed E-state index contributed by atoms with van der Waals surface area (Å²) >= 11 is 0. The summed E-state index contributed by atoms with van der Waals surface area (Å²) in [5.41, 5.74) is 0. The van der Waals surface area contributed by atoms with Gasteiger partial charge in [0.15, 0.2) is 0 Å². The Kier molecular flexibility index (Phi) is 3.05. The van der Waals surface area contributed by atoms with Crippen molar-refractivity contribution in [2.75, 3.05) is 6.54 Å². The van der Waals surface area contributed by atoms with Crippen molar-refractivity contribution >= 4 is 5.91 Å². The molecule has 0 spiro atoms. The van der Waals surface area contributed by atoms with Crippen molar-refractivity contribution in [2.24, 2.45) is 0 Å². The number of rotatable bonds is 2. The van der Waals surface area contributed by atoms with Gasteiger partial charge in [-0.15, -0.1) is 0 Å². The number of hydrogen-bond acceptors (Lipinski definition) is 3. The van der Waals surface area contributed by atoms with Gasteiger partial charge in [0.25, 0.3) is 0 Å². The van der Waals surface area contributed by atoms with E-state index in [1.54, 1.807) is 0 Å². The molecule has 0 unspecified atom stereocenters. The van der Waals surface area contributed by atoms with Gasteiger partial charge in [-0.1, -0.05) is 0 Å². The van der Waals surface area contributed by atoms with Crippen molar-refractivity contribution in [2.45, 2.75) is 38.5 Å². The van der Waals surface area contributed by atoms with Crippen LogP contribution in [0.4, 0.5) is 0 Å². The Morgan fingerprint density at radius 2 is 2.33 bits per heavy atom. The van der Waals surface area contributed by atoms with Crippen LogP contribution in [0.1, 0.15) is 20.3 Å². The zero-order valence-electron chi connectivity index (χ0n) is 7.50. The summed E-state index contributed by atoms with van der Waals surface area (Å²) in [7, 11) is 0. The van der Waals surface area contributed by atoms with Crippen LogP contribution >= 0.6 is 0 Å². The summed E-state index contributed by atoms with van der Waals surface area (Å²) in [6.45, 7) is 4.36. The van der Waals surface area contributed by atoms with Crippen molar-refractivity contribution in [1.82, 2.24) is 10.6 Å². The fourth-order valence-electron chi connectivity index (χ4n) is 1.30. The van der Waals surface area contributed by atoms with Crippen molar-refractivity contribution in [3.8, 4) is 0 Å². The average Bonchev–Trinajstić information content (AvgIpc) is 2.34. The molecular formula is C8H16N2O2. The molecule has 0 aromatic carbocycles. The van der Waals surface area contributed by atoms with Gasteiger partial charge in [0.1, 0.15) is 0 Å². The minimum Gasteiger partial charge on any atom is -0.392 e. The van der Waals surface area contributed by atoms with Crippen LogP contribution in [-0.2, 0) is 4.79 Å². The molecule has 1 aliphatic heterocycles. The number of hydrogen-bond donors (Lipinski definition) is 3. The summed E-state index contributed by atoms with van der Waals surface area (Å²) in [4.78, 5) is 11.3. The van der Waals surface area contributed by atoms with Crippen LogP contribution < -0.4 is 10.6 Å². The van der Waals surface area contributed by atoms with E-state index in [4.69, 9.17) is 5.11 Å². The van der Waals surface area contributed by atoms with Crippen molar-refractivity contribution < 1.29 is 9.90 Å². The predicted octanol–water partition coefficient (Wildman–Crippen LogP) is -0.766. The second-order valence-electron chi connectivity index (χ2n) is 3.51. The van der Waals surface area contributed by atoms with E-state index in [1.165, 1.54) is 0 Å². The lowest BCUT2D eigenvalue weighted by Gasteiger charge is -2.13. The molecule has 1 aliphatic rings. The van der Waals surface area contributed by atoms with E-state index in [1.807, 2.05) is 13.8 Å². The Labute approximate surface area is 72.3 Å². The molecule has 4 nitrogen and oxygen atoms in total. The third-order valence-corrected chi connectivity index (χ3v) is 1.86.